The van der Waals surface area contributed by atoms with Crippen LogP contribution in [0.15, 0.2) is 42.5 Å². The first-order chi connectivity index (χ1) is 11.4. The highest BCUT2D eigenvalue weighted by Gasteiger charge is 2.19. The van der Waals surface area contributed by atoms with E-state index < -0.39 is 0 Å². The van der Waals surface area contributed by atoms with Crippen LogP contribution in [-0.4, -0.2) is 25.0 Å². The number of nitrogens with zero attached hydrogens (tertiary/aromatic N) is 1. The van der Waals surface area contributed by atoms with Crippen LogP contribution >= 0.6 is 23.2 Å². The van der Waals surface area contributed by atoms with Gasteiger partial charge in [-0.1, -0.05) is 41.4 Å². The van der Waals surface area contributed by atoms with Crippen molar-refractivity contribution in [3.8, 4) is 5.75 Å². The molecule has 0 aliphatic carbocycles. The molecule has 0 aliphatic heterocycles. The van der Waals surface area contributed by atoms with E-state index in [0.29, 0.717) is 22.9 Å². The first-order valence-corrected chi connectivity index (χ1v) is 8.51. The Morgan fingerprint density at radius 2 is 1.83 bits per heavy atom. The fraction of sp³-hybridized carbons (Fsp3) is 0.316. The molecule has 0 aliphatic rings. The lowest BCUT2D eigenvalue weighted by atomic mass is 10.1. The van der Waals surface area contributed by atoms with Crippen molar-refractivity contribution in [2.45, 2.75) is 25.8 Å². The van der Waals surface area contributed by atoms with Gasteiger partial charge in [0.15, 0.2) is 0 Å². The van der Waals surface area contributed by atoms with Crippen LogP contribution < -0.4 is 4.74 Å². The van der Waals surface area contributed by atoms with Crippen molar-refractivity contribution in [2.24, 2.45) is 0 Å². The number of aryl methyl sites for hydroxylation is 1. The van der Waals surface area contributed by atoms with E-state index in [4.69, 9.17) is 27.9 Å². The fourth-order valence-electron chi connectivity index (χ4n) is 2.48. The van der Waals surface area contributed by atoms with Gasteiger partial charge in [0.25, 0.3) is 0 Å². The molecule has 3 nitrogen and oxygen atoms in total. The lowest BCUT2D eigenvalue weighted by Crippen LogP contribution is -2.30. The number of rotatable bonds is 6. The van der Waals surface area contributed by atoms with Gasteiger partial charge in [0.2, 0.25) is 5.91 Å². The Morgan fingerprint density at radius 3 is 2.42 bits per heavy atom. The summed E-state index contributed by atoms with van der Waals surface area (Å²) in [4.78, 5) is 14.2. The highest BCUT2D eigenvalue weighted by molar-refractivity contribution is 6.35. The summed E-state index contributed by atoms with van der Waals surface area (Å²) in [5.74, 6) is 0.887. The Bertz CT molecular complexity index is 701. The van der Waals surface area contributed by atoms with Crippen molar-refractivity contribution < 1.29 is 9.53 Å². The molecule has 1 atom stereocenters. The van der Waals surface area contributed by atoms with Gasteiger partial charge in [-0.3, -0.25) is 4.79 Å². The van der Waals surface area contributed by atoms with Crippen LogP contribution in [0.5, 0.6) is 5.75 Å². The summed E-state index contributed by atoms with van der Waals surface area (Å²) in [6.07, 6.45) is 1.13. The summed E-state index contributed by atoms with van der Waals surface area (Å²) in [5.41, 5.74) is 2.00. The van der Waals surface area contributed by atoms with Crippen molar-refractivity contribution >= 4 is 29.1 Å². The van der Waals surface area contributed by atoms with Crippen LogP contribution in [0.1, 0.15) is 30.5 Å². The van der Waals surface area contributed by atoms with Crippen LogP contribution in [0, 0.1) is 0 Å². The number of amides is 1. The number of methoxy groups -OCH3 is 1. The third-order valence-electron chi connectivity index (χ3n) is 4.17. The largest absolute Gasteiger partial charge is 0.497 e. The minimum absolute atomic E-state index is 0.0735. The Hall–Kier alpha value is -1.71. The summed E-state index contributed by atoms with van der Waals surface area (Å²) in [6, 6.07) is 13.0. The van der Waals surface area contributed by atoms with Gasteiger partial charge in [0, 0.05) is 23.5 Å². The molecule has 0 unspecified atom stereocenters. The van der Waals surface area contributed by atoms with Crippen LogP contribution in [0.3, 0.4) is 0 Å². The van der Waals surface area contributed by atoms with E-state index in [-0.39, 0.29) is 11.9 Å². The van der Waals surface area contributed by atoms with Gasteiger partial charge in [-0.05, 0) is 48.7 Å². The minimum Gasteiger partial charge on any atom is -0.497 e. The van der Waals surface area contributed by atoms with Crippen molar-refractivity contribution in [3.63, 3.8) is 0 Å². The predicted molar refractivity (Wildman–Crippen MR) is 99.0 cm³/mol. The SMILES string of the molecule is COc1ccc(CCC(=O)N(C)[C@@H](C)c2ccc(Cl)cc2Cl)cc1. The maximum Gasteiger partial charge on any atom is 0.223 e. The van der Waals surface area contributed by atoms with Crippen molar-refractivity contribution in [1.29, 1.82) is 0 Å². The van der Waals surface area contributed by atoms with E-state index in [9.17, 15) is 4.79 Å². The second kappa shape index (κ2) is 8.41. The average molecular weight is 366 g/mol. The van der Waals surface area contributed by atoms with E-state index in [1.54, 1.807) is 31.2 Å². The molecule has 0 N–H and O–H groups in total. The molecule has 0 radical (unpaired) electrons. The Balaban J connectivity index is 1.97. The Morgan fingerprint density at radius 1 is 1.17 bits per heavy atom. The highest BCUT2D eigenvalue weighted by atomic mass is 35.5. The number of carbonyl (C=O) groups excluding carboxylic acids is 1. The molecule has 0 saturated heterocycles. The van der Waals surface area contributed by atoms with Crippen LogP contribution in [0.25, 0.3) is 0 Å². The number of benzene rings is 2. The van der Waals surface area contributed by atoms with Gasteiger partial charge in [0.05, 0.1) is 13.2 Å². The topological polar surface area (TPSA) is 29.5 Å². The Kier molecular flexibility index (Phi) is 6.52. The number of hydrogen-bond acceptors (Lipinski definition) is 2. The quantitative estimate of drug-likeness (QED) is 0.707. The molecule has 0 fully saturated rings. The fourth-order valence-corrected chi connectivity index (χ4v) is 3.05. The van der Waals surface area contributed by atoms with Crippen molar-refractivity contribution in [3.05, 3.63) is 63.6 Å². The van der Waals surface area contributed by atoms with Crippen LogP contribution in [0.2, 0.25) is 10.0 Å². The summed E-state index contributed by atoms with van der Waals surface area (Å²) in [7, 11) is 3.43. The maximum absolute atomic E-state index is 12.5. The number of carbonyl (C=O) groups is 1. The van der Waals surface area contributed by atoms with E-state index in [1.165, 1.54) is 0 Å². The minimum atomic E-state index is -0.113. The van der Waals surface area contributed by atoms with Gasteiger partial charge in [-0.25, -0.2) is 0 Å². The maximum atomic E-state index is 12.5. The molecule has 128 valence electrons. The summed E-state index contributed by atoms with van der Waals surface area (Å²) < 4.78 is 5.14. The van der Waals surface area contributed by atoms with Gasteiger partial charge < -0.3 is 9.64 Å². The smallest absolute Gasteiger partial charge is 0.223 e. The second-order valence-corrected chi connectivity index (χ2v) is 6.54. The molecule has 5 heteroatoms. The molecular formula is C19H21Cl2NO2. The second-order valence-electron chi connectivity index (χ2n) is 5.69. The average Bonchev–Trinajstić information content (AvgIpc) is 2.59. The number of ether oxygens (including phenoxy) is 1. The molecular weight excluding hydrogens is 345 g/mol. The molecule has 2 aromatic rings. The zero-order valence-electron chi connectivity index (χ0n) is 14.1. The van der Waals surface area contributed by atoms with Gasteiger partial charge >= 0.3 is 0 Å². The highest BCUT2D eigenvalue weighted by Crippen LogP contribution is 2.29. The zero-order valence-corrected chi connectivity index (χ0v) is 15.6. The van der Waals surface area contributed by atoms with E-state index in [1.807, 2.05) is 37.3 Å². The summed E-state index contributed by atoms with van der Waals surface area (Å²) >= 11 is 12.2. The van der Waals surface area contributed by atoms with Crippen molar-refractivity contribution in [2.75, 3.05) is 14.2 Å². The lowest BCUT2D eigenvalue weighted by molar-refractivity contribution is -0.131. The lowest BCUT2D eigenvalue weighted by Gasteiger charge is -2.26. The summed E-state index contributed by atoms with van der Waals surface area (Å²) in [6.45, 7) is 1.96. The third kappa shape index (κ3) is 4.65. The first kappa shape index (κ1) is 18.6. The van der Waals surface area contributed by atoms with Gasteiger partial charge in [0.1, 0.15) is 5.75 Å². The Labute approximate surface area is 153 Å². The third-order valence-corrected chi connectivity index (χ3v) is 4.74. The molecule has 0 heterocycles. The standard InChI is InChI=1S/C19H21Cl2NO2/c1-13(17-10-7-15(20)12-18(17)21)22(2)19(23)11-6-14-4-8-16(24-3)9-5-14/h4-5,7-10,12-13H,6,11H2,1-3H3/t13-/m0/s1. The first-order valence-electron chi connectivity index (χ1n) is 7.76. The van der Waals surface area contributed by atoms with Crippen molar-refractivity contribution in [1.82, 2.24) is 4.90 Å². The van der Waals surface area contributed by atoms with E-state index >= 15 is 0 Å². The normalized spacial score (nSPS) is 11.9. The van der Waals surface area contributed by atoms with Crippen LogP contribution in [-0.2, 0) is 11.2 Å². The number of hydrogen-bond donors (Lipinski definition) is 0. The molecule has 0 saturated carbocycles. The van der Waals surface area contributed by atoms with Gasteiger partial charge in [-0.15, -0.1) is 0 Å². The predicted octanol–water partition coefficient (Wildman–Crippen LogP) is 5.15. The van der Waals surface area contributed by atoms with E-state index in [0.717, 1.165) is 16.9 Å². The monoisotopic (exact) mass is 365 g/mol. The molecule has 0 aromatic heterocycles. The molecule has 24 heavy (non-hydrogen) atoms. The van der Waals surface area contributed by atoms with Gasteiger partial charge in [-0.2, -0.15) is 0 Å². The molecule has 1 amide bonds. The number of halogens is 2. The molecule has 0 spiro atoms. The molecule has 2 rings (SSSR count). The summed E-state index contributed by atoms with van der Waals surface area (Å²) in [5, 5.41) is 1.16. The van der Waals surface area contributed by atoms with E-state index in [2.05, 4.69) is 0 Å². The molecule has 2 aromatic carbocycles. The molecule has 0 bridgehead atoms. The van der Waals surface area contributed by atoms with Crippen LogP contribution in [0.4, 0.5) is 0 Å². The zero-order chi connectivity index (χ0) is 17.7.